The number of anilines is 1. The van der Waals surface area contributed by atoms with Gasteiger partial charge in [-0.05, 0) is 112 Å². The molecular formula is C72H112N12O12S. The number of methoxy groups -OCH3 is 2. The van der Waals surface area contributed by atoms with Crippen LogP contribution in [-0.2, 0) is 65.5 Å². The molecule has 0 aliphatic carbocycles. The first kappa shape index (κ1) is 80.3. The van der Waals surface area contributed by atoms with E-state index in [2.05, 4.69) is 36.9 Å². The van der Waals surface area contributed by atoms with Crippen molar-refractivity contribution in [3.8, 4) is 0 Å². The number of rotatable bonds is 41. The van der Waals surface area contributed by atoms with Gasteiger partial charge in [0.15, 0.2) is 0 Å². The monoisotopic (exact) mass is 1370 g/mol. The molecule has 5 rings (SSSR count). The lowest BCUT2D eigenvalue weighted by molar-refractivity contribution is -0.147. The van der Waals surface area contributed by atoms with Crippen molar-refractivity contribution < 1.29 is 57.4 Å². The average molecular weight is 1370 g/mol. The lowest BCUT2D eigenvalue weighted by Crippen LogP contribution is -2.59. The Kier molecular flexibility index (Phi) is 33.0. The molecule has 2 aliphatic heterocycles. The van der Waals surface area contributed by atoms with E-state index in [1.54, 1.807) is 65.3 Å². The molecule has 24 nitrogen and oxygen atoms in total. The van der Waals surface area contributed by atoms with Crippen molar-refractivity contribution in [3.05, 3.63) is 82.3 Å². The molecule has 25 heteroatoms. The standard InChI is InChI=1S/C72H112N12O12S/c1-15-47(8)63(57(95-13)43-60(87)83-37-23-27-56(83)64(96-14)49(10)65(88)78-54(69-74-35-39-97-69)42-51-24-18-16-19-25-51)82(12)71(93)55(40-44(2)3)79-68(91)62(46(6)7)81(11)38-33-50-29-31-52(32-30-50)76-66(89)53(26-22-34-75-72(73)94)77-67(90)61(45(4)5)80-58(85)28-20-17-21-36-84-59(86)41-48(9)70(84)92/h16,18-19,24-25,29-32,35,39,44-49,53-57,61-64H,15,17,20-23,26-28,33-34,36-38,40-43H2,1-14H3,(H,76,89)(H,77,90)(H,78,88)(H,79,91)(H,80,85)(H3,73,75,94)/t47-,48?,49+,53-,54-,55-,56-,57+,61-,62-,63-,64+/m0/s1. The summed E-state index contributed by atoms with van der Waals surface area (Å²) in [5.74, 6) is -4.23. The topological polar surface area (TPSA) is 313 Å². The largest absolute Gasteiger partial charge is 0.379 e. The summed E-state index contributed by atoms with van der Waals surface area (Å²) in [6, 6.07) is 11.6. The van der Waals surface area contributed by atoms with Crippen molar-refractivity contribution in [3.63, 3.8) is 0 Å². The number of likely N-dealkylation sites (tertiary alicyclic amines) is 2. The molecule has 2 fully saturated rings. The predicted molar refractivity (Wildman–Crippen MR) is 375 cm³/mol. The van der Waals surface area contributed by atoms with Crippen molar-refractivity contribution >= 4 is 76.2 Å². The highest BCUT2D eigenvalue weighted by Gasteiger charge is 2.44. The summed E-state index contributed by atoms with van der Waals surface area (Å²) in [7, 11) is 6.74. The molecule has 0 spiro atoms. The molecule has 0 radical (unpaired) electrons. The van der Waals surface area contributed by atoms with Gasteiger partial charge in [-0.2, -0.15) is 0 Å². The number of unbranched alkanes of at least 4 members (excludes halogenated alkanes) is 2. The van der Waals surface area contributed by atoms with Crippen LogP contribution in [0.4, 0.5) is 10.5 Å². The summed E-state index contributed by atoms with van der Waals surface area (Å²) in [5, 5.41) is 20.1. The van der Waals surface area contributed by atoms with Gasteiger partial charge in [-0.3, -0.25) is 53.0 Å². The van der Waals surface area contributed by atoms with Gasteiger partial charge in [-0.25, -0.2) is 9.78 Å². The molecule has 2 saturated heterocycles. The number of ether oxygens (including phenoxy) is 2. The van der Waals surface area contributed by atoms with Gasteiger partial charge in [0.1, 0.15) is 23.1 Å². The Morgan fingerprint density at radius 1 is 0.784 bits per heavy atom. The van der Waals surface area contributed by atoms with Crippen LogP contribution in [0.3, 0.4) is 0 Å². The zero-order valence-corrected chi connectivity index (χ0v) is 60.7. The van der Waals surface area contributed by atoms with Gasteiger partial charge in [-0.15, -0.1) is 11.3 Å². The van der Waals surface area contributed by atoms with E-state index in [9.17, 15) is 43.2 Å². The van der Waals surface area contributed by atoms with Crippen LogP contribution >= 0.6 is 11.3 Å². The van der Waals surface area contributed by atoms with Gasteiger partial charge in [0.25, 0.3) is 0 Å². The van der Waals surface area contributed by atoms with Crippen LogP contribution in [0.2, 0.25) is 0 Å². The van der Waals surface area contributed by atoms with E-state index >= 15 is 4.79 Å². The number of primary amides is 1. The number of hydrogen-bond acceptors (Lipinski definition) is 15. The Morgan fingerprint density at radius 2 is 1.47 bits per heavy atom. The fourth-order valence-electron chi connectivity index (χ4n) is 13.3. The van der Waals surface area contributed by atoms with Gasteiger partial charge >= 0.3 is 6.03 Å². The van der Waals surface area contributed by atoms with Gasteiger partial charge in [0.2, 0.25) is 53.2 Å². The van der Waals surface area contributed by atoms with Crippen LogP contribution in [-0.4, -0.2) is 187 Å². The SMILES string of the molecule is CC[C@H](C)[C@@H]([C@@H](CC(=O)N1CCC[C@H]1[C@H](OC)[C@@H](C)C(=O)N[C@@H](Cc1ccccc1)c1nccs1)OC)N(C)C(=O)[C@H](CC(C)C)NC(=O)[C@H](C(C)C)N(C)CCc1ccc(NC(=O)[C@H](CCCNC(N)=O)NC(=O)[C@@H](NC(=O)CCCCCN2C(=O)CC(C)C2=O)C(C)C)cc1. The summed E-state index contributed by atoms with van der Waals surface area (Å²) in [4.78, 5) is 147. The maximum Gasteiger partial charge on any atom is 0.312 e. The zero-order valence-electron chi connectivity index (χ0n) is 59.9. The Balaban J connectivity index is 1.19. The summed E-state index contributed by atoms with van der Waals surface area (Å²) < 4.78 is 12.3. The highest BCUT2D eigenvalue weighted by Crippen LogP contribution is 2.31. The second-order valence-electron chi connectivity index (χ2n) is 27.6. The molecule has 0 bridgehead atoms. The fraction of sp³-hybridized carbons (Fsp3) is 0.653. The number of aromatic nitrogens is 1. The molecule has 8 N–H and O–H groups in total. The zero-order chi connectivity index (χ0) is 71.6. The third-order valence-electron chi connectivity index (χ3n) is 18.9. The molecule has 0 saturated carbocycles. The Hall–Kier alpha value is -7.35. The third kappa shape index (κ3) is 24.3. The van der Waals surface area contributed by atoms with Crippen LogP contribution in [0, 0.1) is 35.5 Å². The van der Waals surface area contributed by atoms with E-state index in [0.717, 1.165) is 22.6 Å². The number of imide groups is 1. The molecule has 11 amide bonds. The van der Waals surface area contributed by atoms with Crippen LogP contribution in [0.15, 0.2) is 66.2 Å². The highest BCUT2D eigenvalue weighted by molar-refractivity contribution is 7.09. The number of urea groups is 1. The number of benzene rings is 2. The Bertz CT molecular complexity index is 3030. The van der Waals surface area contributed by atoms with Gasteiger partial charge in [-0.1, -0.05) is 125 Å². The molecule has 3 heterocycles. The maximum absolute atomic E-state index is 15.0. The van der Waals surface area contributed by atoms with E-state index < -0.39 is 66.2 Å². The lowest BCUT2D eigenvalue weighted by Gasteiger charge is -2.41. The van der Waals surface area contributed by atoms with Crippen molar-refractivity contribution in [2.45, 2.75) is 214 Å². The van der Waals surface area contributed by atoms with Crippen LogP contribution in [0.1, 0.15) is 168 Å². The first-order valence-electron chi connectivity index (χ1n) is 34.8. The van der Waals surface area contributed by atoms with E-state index in [4.69, 9.17) is 15.2 Å². The fourth-order valence-corrected chi connectivity index (χ4v) is 14.0. The molecule has 1 unspecified atom stereocenters. The molecule has 538 valence electrons. The molecule has 1 aromatic heterocycles. The minimum atomic E-state index is -1.05. The smallest absolute Gasteiger partial charge is 0.312 e. The normalized spacial score (nSPS) is 18.0. The van der Waals surface area contributed by atoms with E-state index in [-0.39, 0.29) is 115 Å². The number of nitrogens with zero attached hydrogens (tertiary/aromatic N) is 5. The van der Waals surface area contributed by atoms with Crippen molar-refractivity contribution in [2.75, 3.05) is 59.8 Å². The number of nitrogens with one attached hydrogen (secondary N) is 6. The molecule has 3 aromatic rings. The average Bonchev–Trinajstić information content (AvgIpc) is 1.79. The Labute approximate surface area is 579 Å². The lowest BCUT2D eigenvalue weighted by atomic mass is 9.89. The van der Waals surface area contributed by atoms with Crippen molar-refractivity contribution in [2.24, 2.45) is 41.2 Å². The first-order valence-corrected chi connectivity index (χ1v) is 35.7. The van der Waals surface area contributed by atoms with Gasteiger partial charge in [0, 0.05) is 83.5 Å². The van der Waals surface area contributed by atoms with E-state index in [1.807, 2.05) is 113 Å². The third-order valence-corrected chi connectivity index (χ3v) is 19.8. The minimum absolute atomic E-state index is 0.0263. The molecule has 2 aromatic carbocycles. The van der Waals surface area contributed by atoms with Gasteiger partial charge < -0.3 is 56.9 Å². The van der Waals surface area contributed by atoms with Crippen LogP contribution in [0.25, 0.3) is 0 Å². The van der Waals surface area contributed by atoms with Gasteiger partial charge in [0.05, 0.1) is 48.7 Å². The maximum atomic E-state index is 15.0. The predicted octanol–water partition coefficient (Wildman–Crippen LogP) is 7.16. The highest BCUT2D eigenvalue weighted by atomic mass is 32.1. The number of thiazole rings is 1. The van der Waals surface area contributed by atoms with Crippen LogP contribution in [0.5, 0.6) is 0 Å². The summed E-state index contributed by atoms with van der Waals surface area (Å²) in [6.07, 6.45) is 6.29. The molecular weight excluding hydrogens is 1260 g/mol. The number of hydrogen-bond donors (Lipinski definition) is 7. The van der Waals surface area contributed by atoms with Crippen molar-refractivity contribution in [1.82, 2.24) is 51.2 Å². The summed E-state index contributed by atoms with van der Waals surface area (Å²) >= 11 is 1.48. The summed E-state index contributed by atoms with van der Waals surface area (Å²) in [5.41, 5.74) is 7.73. The minimum Gasteiger partial charge on any atom is -0.379 e. The van der Waals surface area contributed by atoms with E-state index in [0.29, 0.717) is 83.1 Å². The number of nitrogens with two attached hydrogens (primary N) is 1. The number of amides is 11. The number of carbonyl (C=O) groups is 10. The van der Waals surface area contributed by atoms with E-state index in [1.165, 1.54) is 16.2 Å². The number of likely N-dealkylation sites (N-methyl/N-ethyl adjacent to an activating group) is 2. The van der Waals surface area contributed by atoms with Crippen LogP contribution < -0.4 is 37.6 Å². The second kappa shape index (κ2) is 39.9. The summed E-state index contributed by atoms with van der Waals surface area (Å²) in [6.45, 7) is 20.5. The van der Waals surface area contributed by atoms with Crippen molar-refractivity contribution in [1.29, 1.82) is 0 Å². The quantitative estimate of drug-likeness (QED) is 0.0219. The molecule has 12 atom stereocenters. The Morgan fingerprint density at radius 3 is 2.06 bits per heavy atom. The number of carbonyl (C=O) groups excluding carboxylic acids is 10. The molecule has 97 heavy (non-hydrogen) atoms. The second-order valence-corrected chi connectivity index (χ2v) is 28.5. The molecule has 2 aliphatic rings. The first-order chi connectivity index (χ1) is 46.1.